The Balaban J connectivity index is 1.06. The van der Waals surface area contributed by atoms with Crippen LogP contribution in [0.15, 0.2) is 30.4 Å². The van der Waals surface area contributed by atoms with Gasteiger partial charge in [-0.1, -0.05) is 38.8 Å². The lowest BCUT2D eigenvalue weighted by molar-refractivity contribution is -0.144. The van der Waals surface area contributed by atoms with E-state index in [-0.39, 0.29) is 61.8 Å². The van der Waals surface area contributed by atoms with Gasteiger partial charge in [-0.15, -0.1) is 0 Å². The number of amides is 4. The zero-order valence-corrected chi connectivity index (χ0v) is 37.8. The number of hydrogen-bond acceptors (Lipinski definition) is 11. The van der Waals surface area contributed by atoms with Crippen LogP contribution < -0.4 is 24.8 Å². The third-order valence-electron chi connectivity index (χ3n) is 14.9. The number of aryl methyl sites for hydroxylation is 1. The smallest absolute Gasteiger partial charge is 0.437 e. The van der Waals surface area contributed by atoms with Gasteiger partial charge in [0.2, 0.25) is 21.8 Å². The quantitative estimate of drug-likeness (QED) is 0.257. The molecule has 3 saturated carbocycles. The molecule has 15 nitrogen and oxygen atoms in total. The van der Waals surface area contributed by atoms with E-state index in [4.69, 9.17) is 18.9 Å². The maximum atomic E-state index is 15.0. The van der Waals surface area contributed by atoms with Gasteiger partial charge in [0.05, 0.1) is 30.0 Å². The van der Waals surface area contributed by atoms with Gasteiger partial charge in [-0.25, -0.2) is 18.2 Å². The average Bonchev–Trinajstić information content (AvgIpc) is 4.21. The predicted molar refractivity (Wildman–Crippen MR) is 229 cm³/mol. The molecule has 0 unspecified atom stereocenters. The first-order valence-electron chi connectivity index (χ1n) is 23.1. The van der Waals surface area contributed by atoms with Gasteiger partial charge in [0, 0.05) is 36.1 Å². The van der Waals surface area contributed by atoms with Crippen LogP contribution >= 0.6 is 0 Å². The van der Waals surface area contributed by atoms with Crippen molar-refractivity contribution in [1.29, 1.82) is 0 Å². The van der Waals surface area contributed by atoms with Crippen LogP contribution in [0.5, 0.6) is 11.5 Å². The van der Waals surface area contributed by atoms with E-state index in [0.717, 1.165) is 0 Å². The second-order valence-corrected chi connectivity index (χ2v) is 22.1. The minimum atomic E-state index is -4.94. The van der Waals surface area contributed by atoms with Gasteiger partial charge in [0.15, 0.2) is 11.4 Å². The van der Waals surface area contributed by atoms with Gasteiger partial charge in [-0.2, -0.15) is 13.2 Å². The van der Waals surface area contributed by atoms with Gasteiger partial charge in [0.1, 0.15) is 40.7 Å². The number of benzene rings is 1. The fourth-order valence-electron chi connectivity index (χ4n) is 10.0. The average molecular weight is 930 g/mol. The molecule has 9 rings (SSSR count). The molecule has 3 aliphatic carbocycles. The molecular weight excluding hydrogens is 872 g/mol. The number of carbonyl (C=O) groups excluding carboxylic acids is 4. The Kier molecular flexibility index (Phi) is 11.6. The molecule has 1 aromatic heterocycles. The molecule has 354 valence electrons. The third-order valence-corrected chi connectivity index (χ3v) is 17.1. The van der Waals surface area contributed by atoms with Crippen LogP contribution in [0.4, 0.5) is 18.0 Å². The van der Waals surface area contributed by atoms with E-state index in [0.29, 0.717) is 88.6 Å². The van der Waals surface area contributed by atoms with Crippen LogP contribution in [0.3, 0.4) is 0 Å². The van der Waals surface area contributed by atoms with Crippen molar-refractivity contribution in [3.63, 3.8) is 0 Å². The highest BCUT2D eigenvalue weighted by Gasteiger charge is 2.64. The van der Waals surface area contributed by atoms with Gasteiger partial charge in [-0.3, -0.25) is 19.1 Å². The van der Waals surface area contributed by atoms with Crippen molar-refractivity contribution in [3.8, 4) is 11.5 Å². The van der Waals surface area contributed by atoms with E-state index in [2.05, 4.69) is 20.3 Å². The normalized spacial score (nSPS) is 30.4. The van der Waals surface area contributed by atoms with Crippen LogP contribution in [0.1, 0.15) is 122 Å². The molecule has 1 spiro atoms. The number of carbonyl (C=O) groups is 4. The van der Waals surface area contributed by atoms with Crippen LogP contribution in [-0.2, 0) is 46.5 Å². The van der Waals surface area contributed by atoms with Crippen molar-refractivity contribution in [2.75, 3.05) is 19.8 Å². The van der Waals surface area contributed by atoms with Crippen molar-refractivity contribution < 1.29 is 59.7 Å². The SMILES string of the molecule is CC(C)C1(OC(=O)N[C@H]2CCCCC/C=C\[C@@H]3C[C@@]3(C(=O)NS(=O)(=O)C3(C)CC3)NC(=O)[C@@H]3C[C@]4(CCc5c(c(C(F)(F)F)nc6ccc(OC7CCOCC7)cc56)O4)CN3C2=O)CC1. The summed E-state index contributed by atoms with van der Waals surface area (Å²) in [5, 5.41) is 6.02. The molecule has 7 aliphatic rings. The second kappa shape index (κ2) is 16.6. The van der Waals surface area contributed by atoms with Crippen molar-refractivity contribution in [2.24, 2.45) is 11.8 Å². The standard InChI is InChI=1S/C46H58F3N5O10S/c1-27(2)44(19-20-44)64-41(58)51-34-10-8-6-4-5-7-9-28-24-45(28,40(57)53-65(59,60)42(3)17-18-42)52-38(55)35-25-43(26-54(35)39(34)56)16-13-31-32-23-30(62-29-14-21-61-22-15-29)11-12-33(32)50-37(36(31)63-43)46(47,48)49/h7,9,11-12,23,27-29,34-35H,4-6,8,10,13-22,24-26H2,1-3H3,(H,51,58)(H,52,55)(H,53,57)/b9-7-/t28-,34+,35+,43-,45-/m1/s1. The first-order valence-corrected chi connectivity index (χ1v) is 24.6. The number of halogens is 3. The summed E-state index contributed by atoms with van der Waals surface area (Å²) in [4.78, 5) is 62.7. The Morgan fingerprint density at radius 2 is 1.77 bits per heavy atom. The summed E-state index contributed by atoms with van der Waals surface area (Å²) in [6.07, 6.45) is 3.91. The number of pyridine rings is 1. The van der Waals surface area contributed by atoms with Crippen molar-refractivity contribution in [3.05, 3.63) is 41.6 Å². The fraction of sp³-hybridized carbons (Fsp3) is 0.674. The minimum Gasteiger partial charge on any atom is -0.490 e. The van der Waals surface area contributed by atoms with E-state index in [9.17, 15) is 27.6 Å². The number of alkyl carbamates (subject to hydrolysis) is 1. The summed E-state index contributed by atoms with van der Waals surface area (Å²) in [6, 6.07) is 2.19. The molecule has 2 aromatic rings. The number of aromatic nitrogens is 1. The molecule has 0 radical (unpaired) electrons. The minimum absolute atomic E-state index is 0.0278. The molecule has 2 saturated heterocycles. The molecular formula is C46H58F3N5O10S. The largest absolute Gasteiger partial charge is 0.490 e. The van der Waals surface area contributed by atoms with E-state index >= 15 is 13.2 Å². The number of rotatable bonds is 8. The van der Waals surface area contributed by atoms with Crippen LogP contribution in [0.2, 0.25) is 0 Å². The second-order valence-electron chi connectivity index (χ2n) is 19.9. The van der Waals surface area contributed by atoms with Crippen LogP contribution in [0.25, 0.3) is 10.9 Å². The number of allylic oxidation sites excluding steroid dienone is 1. The molecule has 3 N–H and O–H groups in total. The zero-order chi connectivity index (χ0) is 46.2. The van der Waals surface area contributed by atoms with Crippen molar-refractivity contribution in [2.45, 2.75) is 163 Å². The lowest BCUT2D eigenvalue weighted by Gasteiger charge is -2.37. The highest BCUT2D eigenvalue weighted by atomic mass is 32.2. The number of hydrogen-bond donors (Lipinski definition) is 3. The van der Waals surface area contributed by atoms with E-state index < -0.39 is 90.9 Å². The first-order chi connectivity index (χ1) is 30.8. The van der Waals surface area contributed by atoms with E-state index in [1.807, 2.05) is 19.9 Å². The van der Waals surface area contributed by atoms with E-state index in [1.165, 1.54) is 11.0 Å². The number of sulfonamides is 1. The number of alkyl halides is 3. The molecule has 4 amide bonds. The summed E-state index contributed by atoms with van der Waals surface area (Å²) in [6.45, 7) is 6.17. The van der Waals surface area contributed by atoms with Crippen molar-refractivity contribution in [1.82, 2.24) is 25.2 Å². The molecule has 5 atom stereocenters. The number of nitrogens with one attached hydrogen (secondary N) is 3. The monoisotopic (exact) mass is 929 g/mol. The first kappa shape index (κ1) is 45.5. The Morgan fingerprint density at radius 1 is 1.02 bits per heavy atom. The molecule has 0 bridgehead atoms. The lowest BCUT2D eigenvalue weighted by Crippen LogP contribution is -2.58. The summed E-state index contributed by atoms with van der Waals surface area (Å²) >= 11 is 0. The van der Waals surface area contributed by atoms with Gasteiger partial charge < -0.3 is 34.5 Å². The van der Waals surface area contributed by atoms with Crippen LogP contribution in [0, 0.1) is 11.8 Å². The van der Waals surface area contributed by atoms with Gasteiger partial charge in [0.25, 0.3) is 5.91 Å². The molecule has 5 fully saturated rings. The summed E-state index contributed by atoms with van der Waals surface area (Å²) in [7, 11) is -4.10. The Bertz CT molecular complexity index is 2400. The molecule has 65 heavy (non-hydrogen) atoms. The lowest BCUT2D eigenvalue weighted by atomic mass is 9.87. The summed E-state index contributed by atoms with van der Waals surface area (Å²) in [5.41, 5.74) is -4.75. The Labute approximate surface area is 376 Å². The maximum absolute atomic E-state index is 15.0. The summed E-state index contributed by atoms with van der Waals surface area (Å²) < 4.78 is 96.8. The van der Waals surface area contributed by atoms with Crippen LogP contribution in [-0.4, -0.2) is 102 Å². The number of ether oxygens (including phenoxy) is 4. The molecule has 4 aliphatic heterocycles. The van der Waals surface area contributed by atoms with E-state index in [1.54, 1.807) is 25.1 Å². The number of nitrogens with zero attached hydrogens (tertiary/aromatic N) is 2. The summed E-state index contributed by atoms with van der Waals surface area (Å²) in [5.74, 6) is -2.94. The Morgan fingerprint density at radius 3 is 2.46 bits per heavy atom. The Hall–Kier alpha value is -4.65. The van der Waals surface area contributed by atoms with Gasteiger partial charge >= 0.3 is 12.3 Å². The fourth-order valence-corrected chi connectivity index (χ4v) is 11.3. The molecule has 1 aromatic carbocycles. The topological polar surface area (TPSA) is 192 Å². The highest BCUT2D eigenvalue weighted by molar-refractivity contribution is 7.91. The van der Waals surface area contributed by atoms with Gasteiger partial charge in [-0.05, 0) is 95.2 Å². The maximum Gasteiger partial charge on any atom is 0.437 e. The van der Waals surface area contributed by atoms with Crippen molar-refractivity contribution >= 4 is 44.7 Å². The highest BCUT2D eigenvalue weighted by Crippen LogP contribution is 2.51. The number of fused-ring (bicyclic) bond motifs is 5. The molecule has 19 heteroatoms. The predicted octanol–water partition coefficient (Wildman–Crippen LogP) is 6.15. The zero-order valence-electron chi connectivity index (χ0n) is 37.0. The third kappa shape index (κ3) is 8.87. The molecule has 5 heterocycles.